The van der Waals surface area contributed by atoms with Gasteiger partial charge in [-0.3, -0.25) is 4.98 Å². The van der Waals surface area contributed by atoms with Crippen molar-refractivity contribution in [3.05, 3.63) is 71.5 Å². The fourth-order valence-corrected chi connectivity index (χ4v) is 6.19. The number of ether oxygens (including phenoxy) is 1. The minimum atomic E-state index is -0.246. The molecule has 1 aromatic carbocycles. The Hall–Kier alpha value is -2.43. The van der Waals surface area contributed by atoms with Gasteiger partial charge < -0.3 is 14.7 Å². The van der Waals surface area contributed by atoms with Gasteiger partial charge in [0.1, 0.15) is 0 Å². The SMILES string of the molecule is C=CC(=C)C1=C2c3c(cnc4cccc(c34)C1(C)C)C(C)(C)C(C)(CCC(CO)OC)N2C. The van der Waals surface area contributed by atoms with Gasteiger partial charge in [-0.25, -0.2) is 0 Å². The minimum absolute atomic E-state index is 0.0249. The molecule has 33 heavy (non-hydrogen) atoms. The average Bonchev–Trinajstić information content (AvgIpc) is 2.79. The van der Waals surface area contributed by atoms with E-state index in [4.69, 9.17) is 9.72 Å². The van der Waals surface area contributed by atoms with E-state index in [0.29, 0.717) is 0 Å². The number of nitrogens with zero attached hydrogens (tertiary/aromatic N) is 2. The Labute approximate surface area is 198 Å². The van der Waals surface area contributed by atoms with Crippen LogP contribution in [-0.4, -0.2) is 47.4 Å². The third kappa shape index (κ3) is 3.07. The van der Waals surface area contributed by atoms with Gasteiger partial charge in [-0.2, -0.15) is 0 Å². The third-order valence-corrected chi connectivity index (χ3v) is 8.82. The minimum Gasteiger partial charge on any atom is -0.394 e. The molecule has 2 aromatic rings. The molecule has 2 atom stereocenters. The zero-order valence-electron chi connectivity index (χ0n) is 21.2. The van der Waals surface area contributed by atoms with Crippen LogP contribution in [0, 0.1) is 0 Å². The van der Waals surface area contributed by atoms with Crippen molar-refractivity contribution in [2.45, 2.75) is 69.9 Å². The number of benzene rings is 1. The maximum Gasteiger partial charge on any atom is 0.0802 e. The Morgan fingerprint density at radius 2 is 1.91 bits per heavy atom. The normalized spacial score (nSPS) is 23.6. The molecule has 0 amide bonds. The van der Waals surface area contributed by atoms with Crippen LogP contribution in [0.2, 0.25) is 0 Å². The predicted octanol–water partition coefficient (Wildman–Crippen LogP) is 5.75. The zero-order valence-corrected chi connectivity index (χ0v) is 21.2. The first-order chi connectivity index (χ1) is 15.5. The highest BCUT2D eigenvalue weighted by Crippen LogP contribution is 2.58. The van der Waals surface area contributed by atoms with Gasteiger partial charge in [0.05, 0.1) is 18.2 Å². The van der Waals surface area contributed by atoms with Crippen molar-refractivity contribution in [3.8, 4) is 0 Å². The molecule has 0 spiro atoms. The number of hydrogen-bond donors (Lipinski definition) is 1. The summed E-state index contributed by atoms with van der Waals surface area (Å²) in [6.07, 6.45) is 5.43. The van der Waals surface area contributed by atoms with Gasteiger partial charge in [-0.15, -0.1) is 0 Å². The quantitative estimate of drug-likeness (QED) is 0.550. The number of pyridine rings is 1. The van der Waals surface area contributed by atoms with E-state index < -0.39 is 0 Å². The number of aliphatic hydroxyl groups excluding tert-OH is 1. The third-order valence-electron chi connectivity index (χ3n) is 8.82. The number of aliphatic hydroxyl groups is 1. The van der Waals surface area contributed by atoms with Crippen molar-refractivity contribution >= 4 is 16.6 Å². The molecule has 2 heterocycles. The average molecular weight is 447 g/mol. The first-order valence-electron chi connectivity index (χ1n) is 11.8. The van der Waals surface area contributed by atoms with Crippen molar-refractivity contribution in [2.24, 2.45) is 0 Å². The highest BCUT2D eigenvalue weighted by atomic mass is 16.5. The summed E-state index contributed by atoms with van der Waals surface area (Å²) in [5.41, 5.74) is 7.61. The monoisotopic (exact) mass is 446 g/mol. The van der Waals surface area contributed by atoms with Crippen LogP contribution in [0.4, 0.5) is 0 Å². The second kappa shape index (κ2) is 7.82. The summed E-state index contributed by atoms with van der Waals surface area (Å²) in [5.74, 6) is 0. The molecule has 4 nitrogen and oxygen atoms in total. The van der Waals surface area contributed by atoms with Crippen LogP contribution in [0.25, 0.3) is 16.6 Å². The topological polar surface area (TPSA) is 45.6 Å². The smallest absolute Gasteiger partial charge is 0.0802 e. The van der Waals surface area contributed by atoms with E-state index in [1.54, 1.807) is 7.11 Å². The van der Waals surface area contributed by atoms with Crippen LogP contribution in [0.3, 0.4) is 0 Å². The van der Waals surface area contributed by atoms with Crippen molar-refractivity contribution in [1.82, 2.24) is 9.88 Å². The number of allylic oxidation sites excluding steroid dienone is 3. The molecule has 2 aliphatic rings. The van der Waals surface area contributed by atoms with Crippen LogP contribution < -0.4 is 0 Å². The lowest BCUT2D eigenvalue weighted by Crippen LogP contribution is -2.60. The lowest BCUT2D eigenvalue weighted by Gasteiger charge is -2.59. The Kier molecular flexibility index (Phi) is 5.62. The molecule has 0 fully saturated rings. The number of likely N-dealkylation sites (N-methyl/N-ethyl adjacent to an activating group) is 1. The molecular weight excluding hydrogens is 408 g/mol. The van der Waals surface area contributed by atoms with E-state index in [0.717, 1.165) is 23.9 Å². The Morgan fingerprint density at radius 3 is 2.52 bits per heavy atom. The maximum atomic E-state index is 9.75. The molecule has 176 valence electrons. The summed E-state index contributed by atoms with van der Waals surface area (Å²) in [7, 11) is 3.89. The highest BCUT2D eigenvalue weighted by Gasteiger charge is 2.54. The number of aromatic nitrogens is 1. The Balaban J connectivity index is 2.09. The van der Waals surface area contributed by atoms with Gasteiger partial charge in [0, 0.05) is 53.4 Å². The van der Waals surface area contributed by atoms with E-state index in [-0.39, 0.29) is 29.1 Å². The van der Waals surface area contributed by atoms with Crippen LogP contribution in [0.15, 0.2) is 54.8 Å². The summed E-state index contributed by atoms with van der Waals surface area (Å²) in [4.78, 5) is 7.42. The van der Waals surface area contributed by atoms with Crippen LogP contribution >= 0.6 is 0 Å². The van der Waals surface area contributed by atoms with Crippen LogP contribution in [0.1, 0.15) is 64.2 Å². The molecular formula is C29H38N2O2. The fourth-order valence-electron chi connectivity index (χ4n) is 6.19. The first-order valence-corrected chi connectivity index (χ1v) is 11.8. The van der Waals surface area contributed by atoms with Crippen molar-refractivity contribution < 1.29 is 9.84 Å². The number of rotatable bonds is 7. The van der Waals surface area contributed by atoms with Gasteiger partial charge in [-0.05, 0) is 48.1 Å². The molecule has 0 saturated heterocycles. The van der Waals surface area contributed by atoms with Gasteiger partial charge in [0.15, 0.2) is 0 Å². The molecule has 0 bridgehead atoms. The summed E-state index contributed by atoms with van der Waals surface area (Å²) in [6, 6.07) is 6.47. The molecule has 1 aromatic heterocycles. The van der Waals surface area contributed by atoms with Crippen molar-refractivity contribution in [3.63, 3.8) is 0 Å². The standard InChI is InChI=1S/C29H38N2O2/c1-10-18(2)25-26-24-21(16-30-22-13-11-12-20(23(22)24)27(25,3)4)28(5,6)29(7,31(26)8)15-14-19(17-32)33-9/h10-13,16,19,32H,1-2,14-15,17H2,3-9H3. The van der Waals surface area contributed by atoms with E-state index >= 15 is 0 Å². The van der Waals surface area contributed by atoms with E-state index in [9.17, 15) is 5.11 Å². The van der Waals surface area contributed by atoms with E-state index in [1.165, 1.54) is 33.3 Å². The van der Waals surface area contributed by atoms with Crippen LogP contribution in [0.5, 0.6) is 0 Å². The summed E-state index contributed by atoms with van der Waals surface area (Å²) < 4.78 is 5.52. The summed E-state index contributed by atoms with van der Waals surface area (Å²) in [6.45, 7) is 20.1. The summed E-state index contributed by atoms with van der Waals surface area (Å²) in [5, 5.41) is 11.0. The lowest BCUT2D eigenvalue weighted by atomic mass is 9.58. The van der Waals surface area contributed by atoms with E-state index in [1.807, 2.05) is 6.08 Å². The van der Waals surface area contributed by atoms with Crippen LogP contribution in [-0.2, 0) is 15.6 Å². The predicted molar refractivity (Wildman–Crippen MR) is 137 cm³/mol. The second-order valence-electron chi connectivity index (χ2n) is 10.9. The Bertz CT molecular complexity index is 1170. The molecule has 4 rings (SSSR count). The number of methoxy groups -OCH3 is 1. The molecule has 4 heteroatoms. The maximum absolute atomic E-state index is 9.75. The van der Waals surface area contributed by atoms with Gasteiger partial charge in [0.25, 0.3) is 0 Å². The van der Waals surface area contributed by atoms with Gasteiger partial charge >= 0.3 is 0 Å². The first kappa shape index (κ1) is 23.7. The largest absolute Gasteiger partial charge is 0.394 e. The van der Waals surface area contributed by atoms with Crippen molar-refractivity contribution in [2.75, 3.05) is 20.8 Å². The molecule has 0 radical (unpaired) electrons. The van der Waals surface area contributed by atoms with Gasteiger partial charge in [0.2, 0.25) is 0 Å². The fraction of sp³-hybridized carbons (Fsp3) is 0.483. The number of hydrogen-bond acceptors (Lipinski definition) is 4. The molecule has 0 saturated carbocycles. The van der Waals surface area contributed by atoms with Crippen molar-refractivity contribution in [1.29, 1.82) is 0 Å². The molecule has 1 aliphatic heterocycles. The highest BCUT2D eigenvalue weighted by molar-refractivity contribution is 6.02. The van der Waals surface area contributed by atoms with E-state index in [2.05, 4.69) is 84.1 Å². The van der Waals surface area contributed by atoms with Gasteiger partial charge in [-0.1, -0.05) is 59.1 Å². The second-order valence-corrected chi connectivity index (χ2v) is 10.9. The summed E-state index contributed by atoms with van der Waals surface area (Å²) >= 11 is 0. The molecule has 1 aliphatic carbocycles. The lowest BCUT2D eigenvalue weighted by molar-refractivity contribution is 0.0182. The molecule has 1 N–H and O–H groups in total. The molecule has 2 unspecified atom stereocenters. The zero-order chi connectivity index (χ0) is 24.3. The Morgan fingerprint density at radius 1 is 1.21 bits per heavy atom.